The van der Waals surface area contributed by atoms with Crippen LogP contribution in [0.4, 0.5) is 5.69 Å². The van der Waals surface area contributed by atoms with Gasteiger partial charge in [-0.25, -0.2) is 0 Å². The van der Waals surface area contributed by atoms with Crippen molar-refractivity contribution in [1.29, 1.82) is 0 Å². The Balaban J connectivity index is 1.41. The normalized spacial score (nSPS) is 22.4. The Morgan fingerprint density at radius 2 is 2.00 bits per heavy atom. The predicted octanol–water partition coefficient (Wildman–Crippen LogP) is 4.58. The van der Waals surface area contributed by atoms with E-state index in [4.69, 9.17) is 4.74 Å². The molecule has 4 rings (SSSR count). The maximum atomic E-state index is 13.0. The van der Waals surface area contributed by atoms with Gasteiger partial charge in [0.1, 0.15) is 0 Å². The van der Waals surface area contributed by atoms with E-state index in [2.05, 4.69) is 47.1 Å². The summed E-state index contributed by atoms with van der Waals surface area (Å²) in [6.45, 7) is 2.88. The van der Waals surface area contributed by atoms with Crippen LogP contribution in [0.2, 0.25) is 0 Å². The highest BCUT2D eigenvalue weighted by Crippen LogP contribution is 2.29. The molecule has 1 N–H and O–H groups in total. The van der Waals surface area contributed by atoms with Crippen LogP contribution >= 0.6 is 31.9 Å². The molecule has 148 valence electrons. The molecule has 1 aromatic carbocycles. The smallest absolute Gasteiger partial charge is 0.233 e. The summed E-state index contributed by atoms with van der Waals surface area (Å²) >= 11 is 6.85. The first kappa shape index (κ1) is 20.0. The van der Waals surface area contributed by atoms with Crippen molar-refractivity contribution in [2.75, 3.05) is 25.0 Å². The lowest BCUT2D eigenvalue weighted by Crippen LogP contribution is -2.37. The number of benzene rings is 1. The molecule has 0 spiro atoms. The Morgan fingerprint density at radius 3 is 2.64 bits per heavy atom. The van der Waals surface area contributed by atoms with E-state index in [9.17, 15) is 4.79 Å². The molecule has 0 saturated carbocycles. The lowest BCUT2D eigenvalue weighted by Gasteiger charge is -2.27. The maximum absolute atomic E-state index is 13.0. The van der Waals surface area contributed by atoms with E-state index in [1.807, 2.05) is 36.4 Å². The van der Waals surface area contributed by atoms with Crippen LogP contribution in [0.15, 0.2) is 51.5 Å². The van der Waals surface area contributed by atoms with Gasteiger partial charge in [0.25, 0.3) is 0 Å². The van der Waals surface area contributed by atoms with Crippen LogP contribution in [0.3, 0.4) is 0 Å². The molecule has 28 heavy (non-hydrogen) atoms. The molecule has 1 aromatic heterocycles. The van der Waals surface area contributed by atoms with E-state index in [1.54, 1.807) is 6.20 Å². The van der Waals surface area contributed by atoms with Crippen molar-refractivity contribution in [3.63, 3.8) is 0 Å². The van der Waals surface area contributed by atoms with Crippen molar-refractivity contribution < 1.29 is 9.53 Å². The molecule has 2 saturated heterocycles. The van der Waals surface area contributed by atoms with Gasteiger partial charge in [0.05, 0.1) is 24.3 Å². The van der Waals surface area contributed by atoms with Gasteiger partial charge in [-0.15, -0.1) is 0 Å². The number of morpholine rings is 1. The van der Waals surface area contributed by atoms with E-state index in [0.717, 1.165) is 59.3 Å². The fourth-order valence-electron chi connectivity index (χ4n) is 4.02. The van der Waals surface area contributed by atoms with Crippen molar-refractivity contribution in [3.05, 3.63) is 57.2 Å². The first-order valence-corrected chi connectivity index (χ1v) is 11.2. The molecule has 2 aromatic rings. The summed E-state index contributed by atoms with van der Waals surface area (Å²) in [7, 11) is 0. The summed E-state index contributed by atoms with van der Waals surface area (Å²) in [6, 6.07) is 12.1. The fourth-order valence-corrected chi connectivity index (χ4v) is 4.52. The molecule has 2 bridgehead atoms. The minimum absolute atomic E-state index is 0.0107. The first-order valence-electron chi connectivity index (χ1n) is 9.62. The summed E-state index contributed by atoms with van der Waals surface area (Å²) in [5.41, 5.74) is 1.61. The standard InChI is InChI=1S/C21H23Br2N3O2/c22-14-3-6-16(7-4-14)25-21(27)19(20-8-5-15(23)11-24-20)2-1-9-26-12-18-10-17(26)13-28-18/h3-8,11,17-19H,1-2,9-10,12-13H2,(H,25,27)/t17-,18-,19?/m1/s1. The van der Waals surface area contributed by atoms with Crippen LogP contribution in [-0.4, -0.2) is 47.6 Å². The number of hydrogen-bond acceptors (Lipinski definition) is 4. The quantitative estimate of drug-likeness (QED) is 0.594. The summed E-state index contributed by atoms with van der Waals surface area (Å²) in [5, 5.41) is 3.04. The number of rotatable bonds is 7. The lowest BCUT2D eigenvalue weighted by molar-refractivity contribution is -0.117. The number of aromatic nitrogens is 1. The second-order valence-corrected chi connectivity index (χ2v) is 9.26. The van der Waals surface area contributed by atoms with E-state index in [0.29, 0.717) is 12.1 Å². The minimum atomic E-state index is -0.271. The van der Waals surface area contributed by atoms with Crippen LogP contribution in [-0.2, 0) is 9.53 Å². The molecule has 2 fully saturated rings. The second-order valence-electron chi connectivity index (χ2n) is 7.43. The average molecular weight is 509 g/mol. The average Bonchev–Trinajstić information content (AvgIpc) is 3.31. The number of carbonyl (C=O) groups is 1. The van der Waals surface area contributed by atoms with E-state index in [1.165, 1.54) is 0 Å². The van der Waals surface area contributed by atoms with E-state index >= 15 is 0 Å². The van der Waals surface area contributed by atoms with Gasteiger partial charge in [-0.05, 0) is 78.1 Å². The largest absolute Gasteiger partial charge is 0.375 e. The van der Waals surface area contributed by atoms with Crippen molar-refractivity contribution in [2.45, 2.75) is 37.3 Å². The molecule has 1 unspecified atom stereocenters. The number of likely N-dealkylation sites (tertiary alicyclic amines) is 1. The van der Waals surface area contributed by atoms with Crippen LogP contribution in [0, 0.1) is 0 Å². The van der Waals surface area contributed by atoms with Crippen LogP contribution in [0.25, 0.3) is 0 Å². The number of amides is 1. The Hall–Kier alpha value is -1.28. The highest BCUT2D eigenvalue weighted by atomic mass is 79.9. The molecule has 3 atom stereocenters. The Bertz CT molecular complexity index is 813. The van der Waals surface area contributed by atoms with Gasteiger partial charge < -0.3 is 10.1 Å². The summed E-state index contributed by atoms with van der Waals surface area (Å²) in [6.07, 6.45) is 5.05. The van der Waals surface area contributed by atoms with Crippen molar-refractivity contribution in [1.82, 2.24) is 9.88 Å². The minimum Gasteiger partial charge on any atom is -0.375 e. The number of nitrogens with zero attached hydrogens (tertiary/aromatic N) is 2. The van der Waals surface area contributed by atoms with Crippen molar-refractivity contribution in [2.24, 2.45) is 0 Å². The first-order chi connectivity index (χ1) is 13.6. The summed E-state index contributed by atoms with van der Waals surface area (Å²) in [5.74, 6) is -0.281. The Morgan fingerprint density at radius 1 is 1.21 bits per heavy atom. The lowest BCUT2D eigenvalue weighted by atomic mass is 9.97. The van der Waals surface area contributed by atoms with Gasteiger partial charge in [-0.2, -0.15) is 0 Å². The molecule has 2 aliphatic heterocycles. The van der Waals surface area contributed by atoms with E-state index in [-0.39, 0.29) is 11.8 Å². The third-order valence-corrected chi connectivity index (χ3v) is 6.49. The van der Waals surface area contributed by atoms with Gasteiger partial charge in [-0.3, -0.25) is 14.7 Å². The van der Waals surface area contributed by atoms with E-state index < -0.39 is 0 Å². The van der Waals surface area contributed by atoms with Crippen molar-refractivity contribution in [3.8, 4) is 0 Å². The Labute approximate surface area is 182 Å². The zero-order chi connectivity index (χ0) is 19.5. The molecule has 2 aliphatic rings. The maximum Gasteiger partial charge on any atom is 0.233 e. The van der Waals surface area contributed by atoms with Crippen LogP contribution in [0.5, 0.6) is 0 Å². The molecule has 0 aliphatic carbocycles. The monoisotopic (exact) mass is 507 g/mol. The molecule has 3 heterocycles. The molecule has 1 amide bonds. The van der Waals surface area contributed by atoms with Crippen molar-refractivity contribution >= 4 is 43.5 Å². The van der Waals surface area contributed by atoms with Gasteiger partial charge >= 0.3 is 0 Å². The number of hydrogen-bond donors (Lipinski definition) is 1. The Kier molecular flexibility index (Phi) is 6.45. The van der Waals surface area contributed by atoms with Gasteiger partial charge in [-0.1, -0.05) is 15.9 Å². The number of carbonyl (C=O) groups excluding carboxylic acids is 1. The number of ether oxygens (including phenoxy) is 1. The summed E-state index contributed by atoms with van der Waals surface area (Å²) in [4.78, 5) is 20.0. The van der Waals surface area contributed by atoms with Gasteiger partial charge in [0.2, 0.25) is 5.91 Å². The predicted molar refractivity (Wildman–Crippen MR) is 116 cm³/mol. The number of halogens is 2. The fraction of sp³-hybridized carbons (Fsp3) is 0.429. The van der Waals surface area contributed by atoms with Crippen LogP contribution < -0.4 is 5.32 Å². The number of nitrogens with one attached hydrogen (secondary N) is 1. The molecular weight excluding hydrogens is 486 g/mol. The third-order valence-electron chi connectivity index (χ3n) is 5.49. The third kappa shape index (κ3) is 4.82. The number of fused-ring (bicyclic) bond motifs is 2. The topological polar surface area (TPSA) is 54.5 Å². The highest BCUT2D eigenvalue weighted by molar-refractivity contribution is 9.10. The highest BCUT2D eigenvalue weighted by Gasteiger charge is 2.38. The van der Waals surface area contributed by atoms with Crippen LogP contribution in [0.1, 0.15) is 30.9 Å². The zero-order valence-corrected chi connectivity index (χ0v) is 18.7. The number of pyridine rings is 1. The van der Waals surface area contributed by atoms with Gasteiger partial charge in [0, 0.05) is 33.4 Å². The number of anilines is 1. The second kappa shape index (κ2) is 9.03. The SMILES string of the molecule is O=C(Nc1ccc(Br)cc1)C(CCCN1C[C@H]2C[C@@H]1CO2)c1ccc(Br)cn1. The molecule has 0 radical (unpaired) electrons. The van der Waals surface area contributed by atoms with Gasteiger partial charge in [0.15, 0.2) is 0 Å². The zero-order valence-electron chi connectivity index (χ0n) is 15.5. The molecule has 5 nitrogen and oxygen atoms in total. The molecular formula is C21H23Br2N3O2. The molecule has 7 heteroatoms. The summed E-state index contributed by atoms with van der Waals surface area (Å²) < 4.78 is 7.58.